The van der Waals surface area contributed by atoms with Crippen LogP contribution in [0.3, 0.4) is 0 Å². The number of carbonyl (C=O) groups is 11. The van der Waals surface area contributed by atoms with E-state index in [0.29, 0.717) is 117 Å². The molecule has 4 heterocycles. The van der Waals surface area contributed by atoms with Crippen molar-refractivity contribution in [1.29, 1.82) is 0 Å². The Morgan fingerprint density at radius 1 is 0.282 bits per heavy atom. The molecule has 0 radical (unpaired) electrons. The molecule has 4 saturated heterocycles. The van der Waals surface area contributed by atoms with Crippen molar-refractivity contribution in [3.63, 3.8) is 0 Å². The smallest absolute Gasteiger partial charge is 0.339 e. The van der Waals surface area contributed by atoms with E-state index in [1.54, 1.807) is 99.6 Å². The predicted octanol–water partition coefficient (Wildman–Crippen LogP) is 15.8. The number of ether oxygens (including phenoxy) is 7. The van der Waals surface area contributed by atoms with Gasteiger partial charge in [0, 0.05) is 163 Å². The van der Waals surface area contributed by atoms with Gasteiger partial charge in [0.1, 0.15) is 60.9 Å². The molecule has 0 aliphatic carbocycles. The van der Waals surface area contributed by atoms with Gasteiger partial charge >= 0.3 is 23.9 Å². The minimum absolute atomic E-state index is 0. The number of aryl methyl sites for hydroxylation is 2. The monoisotopic (exact) mass is 2040 g/mol. The Hall–Kier alpha value is -16.3. The number of benzene rings is 12. The van der Waals surface area contributed by atoms with Crippen LogP contribution in [0.1, 0.15) is 115 Å². The minimum Gasteiger partial charge on any atom is -0.507 e. The molecule has 0 aromatic heterocycles. The summed E-state index contributed by atoms with van der Waals surface area (Å²) in [6.45, 7) is 26.1. The highest BCUT2D eigenvalue weighted by Crippen LogP contribution is 2.36. The van der Waals surface area contributed by atoms with Crippen LogP contribution in [0, 0.1) is 13.8 Å². The summed E-state index contributed by atoms with van der Waals surface area (Å²) in [4.78, 5) is 151. The Labute approximate surface area is 872 Å². The number of phenols is 2. The second kappa shape index (κ2) is 55.3. The topological polar surface area (TPSA) is 396 Å². The summed E-state index contributed by atoms with van der Waals surface area (Å²) in [5, 5.41) is 44.9. The molecule has 0 saturated carbocycles. The number of rotatable bonds is 32. The largest absolute Gasteiger partial charge is 0.507 e. The molecule has 33 nitrogen and oxygen atoms in total. The number of nitrogens with zero attached hydrogens (tertiary/aromatic N) is 7. The van der Waals surface area contributed by atoms with Gasteiger partial charge < -0.3 is 89.8 Å². The van der Waals surface area contributed by atoms with Gasteiger partial charge in [-0.2, -0.15) is 0 Å². The van der Waals surface area contributed by atoms with E-state index in [-0.39, 0.29) is 92.6 Å². The Balaban J connectivity index is 0.000000176. The molecular weight excluding hydrogens is 1920 g/mol. The summed E-state index contributed by atoms with van der Waals surface area (Å²) in [5.74, 6) is -2.85. The zero-order valence-electron chi connectivity index (χ0n) is 84.6. The Kier molecular flexibility index (Phi) is 41.4. The quantitative estimate of drug-likeness (QED) is 0.0143. The molecule has 34 heteroatoms. The first kappa shape index (κ1) is 111. The van der Waals surface area contributed by atoms with Gasteiger partial charge in [-0.15, -0.1) is 12.4 Å². The molecule has 0 atom stereocenters. The zero-order valence-corrected chi connectivity index (χ0v) is 85.4. The molecule has 149 heavy (non-hydrogen) atoms. The summed E-state index contributed by atoms with van der Waals surface area (Å²) >= 11 is 0. The van der Waals surface area contributed by atoms with Gasteiger partial charge in [0.25, 0.3) is 23.6 Å². The molecule has 0 unspecified atom stereocenters. The summed E-state index contributed by atoms with van der Waals surface area (Å²) in [6, 6.07) is 78.6. The number of piperazine rings is 4. The number of aromatic hydroxyl groups is 2. The second-order valence-electron chi connectivity index (χ2n) is 35.4. The molecule has 4 aliphatic rings. The van der Waals surface area contributed by atoms with Gasteiger partial charge in [0.05, 0.1) is 77.5 Å². The summed E-state index contributed by atoms with van der Waals surface area (Å²) in [6.07, 6.45) is 0. The number of amides is 7. The van der Waals surface area contributed by atoms with E-state index >= 15 is 0 Å². The number of halogens is 1. The number of hydrogen-bond acceptors (Lipinski definition) is 25. The highest BCUT2D eigenvalue weighted by molar-refractivity contribution is 6.13. The molecule has 0 spiro atoms. The first-order chi connectivity index (χ1) is 71.6. The molecule has 778 valence electrons. The van der Waals surface area contributed by atoms with Crippen molar-refractivity contribution < 1.29 is 101 Å². The fraction of sp³-hybridized carbons (Fsp3) is 0.278. The van der Waals surface area contributed by atoms with Gasteiger partial charge in [-0.25, -0.2) is 19.2 Å². The summed E-state index contributed by atoms with van der Waals surface area (Å²) < 4.78 is 38.3. The van der Waals surface area contributed by atoms with Crippen LogP contribution >= 0.6 is 12.4 Å². The van der Waals surface area contributed by atoms with Crippen molar-refractivity contribution in [3.05, 3.63) is 323 Å². The maximum Gasteiger partial charge on any atom is 0.339 e. The predicted molar refractivity (Wildman–Crippen MR) is 573 cm³/mol. The first-order valence-corrected chi connectivity index (χ1v) is 48.8. The lowest BCUT2D eigenvalue weighted by Gasteiger charge is -2.34. The number of anilines is 4. The van der Waals surface area contributed by atoms with Gasteiger partial charge in [-0.3, -0.25) is 53.2 Å². The molecule has 7 amide bonds. The third-order valence-electron chi connectivity index (χ3n) is 25.6. The number of aromatic carboxylic acids is 1. The number of carboxylic acid groups (broad SMARTS) is 1. The molecule has 8 N–H and O–H groups in total. The number of methoxy groups -OCH3 is 3. The first-order valence-electron chi connectivity index (χ1n) is 48.8. The Morgan fingerprint density at radius 3 is 0.785 bits per heavy atom. The normalized spacial score (nSPS) is 13.6. The SMILES string of the molecule is CC(=O)N1CCN(CCOc2ccc(O)c(C(=O)Nc3cc(-c4ccccc4)ccc3C(=O)O)c2)CC1.COC(=O)c1ccc(-c2ccccc2)cc1NC(=O)c1cc(OCCN2CCN(C(C)=O)CC2)ccc1C.COC(=O)c1ccc(-c2ccccc2)cc1NC(=O)c1cc(OCCN2CCN(C(C)=O)CC2)ccc1O.COC(=O)c1ccc(-c2ccccc2)cc1NC(=O)c1cc(OCCN2CCNCC2)ccc1C.Cl. The van der Waals surface area contributed by atoms with Crippen molar-refractivity contribution in [2.24, 2.45) is 0 Å². The Bertz CT molecular complexity index is 6450. The number of carbonyl (C=O) groups excluding carboxylic acids is 10. The van der Waals surface area contributed by atoms with E-state index in [1.165, 1.54) is 51.7 Å². The maximum absolute atomic E-state index is 13.3. The third-order valence-corrected chi connectivity index (χ3v) is 25.6. The fourth-order valence-corrected chi connectivity index (χ4v) is 17.0. The second-order valence-corrected chi connectivity index (χ2v) is 35.4. The number of carboxylic acids is 1. The van der Waals surface area contributed by atoms with Gasteiger partial charge in [-0.1, -0.05) is 158 Å². The fourth-order valence-electron chi connectivity index (χ4n) is 17.0. The van der Waals surface area contributed by atoms with Crippen LogP contribution in [0.4, 0.5) is 22.7 Å². The van der Waals surface area contributed by atoms with Crippen molar-refractivity contribution in [1.82, 2.24) is 39.6 Å². The number of nitrogens with one attached hydrogen (secondary N) is 5. The van der Waals surface area contributed by atoms with Crippen LogP contribution in [-0.4, -0.2) is 293 Å². The lowest BCUT2D eigenvalue weighted by molar-refractivity contribution is -0.131. The van der Waals surface area contributed by atoms with E-state index in [1.807, 2.05) is 186 Å². The van der Waals surface area contributed by atoms with Crippen LogP contribution in [-0.2, 0) is 28.6 Å². The van der Waals surface area contributed by atoms with Gasteiger partial charge in [-0.05, 0) is 179 Å². The van der Waals surface area contributed by atoms with Crippen molar-refractivity contribution in [2.45, 2.75) is 34.6 Å². The highest BCUT2D eigenvalue weighted by atomic mass is 35.5. The van der Waals surface area contributed by atoms with Crippen LogP contribution < -0.4 is 45.5 Å². The summed E-state index contributed by atoms with van der Waals surface area (Å²) in [7, 11) is 3.91. The Morgan fingerprint density at radius 2 is 0.523 bits per heavy atom. The maximum atomic E-state index is 13.3. The standard InChI is InChI=1S/C30H33N3O5.C29H31N3O6.C28H29N3O6.C28H31N3O4.ClH/c1-21-9-11-25(38-18-17-32-13-15-33(16-14-32)22(2)34)20-27(21)29(35)31-28-19-24(23-7-5-4-6-8-23)10-12-26(28)30(36)37-3;1-20(33)32-14-12-31(13-15-32)16-17-38-23-9-11-27(34)25(19-23)28(35)30-26-18-22(21-6-4-3-5-7-21)8-10-24(26)29(36)37-2;1-19(32)31-13-11-30(12-14-31)15-16-37-22-8-10-26(33)24(18-22)27(34)29-25-17-21(7-9-23(25)28(35)36)20-5-3-2-4-6-20;1-20-8-10-23(35-17-16-31-14-12-29-13-15-31)19-25(20)27(32)30-26-18-22(21-6-4-3-5-7-21)9-11-24(26)28(33)34-2;/h4-12,19-20H,13-18H2,1-3H3,(H,31,35);3-11,18-19,34H,12-17H2,1-2H3,(H,30,35);2-10,17-18,33H,11-16H2,1H3,(H,29,34)(H,35,36);3-11,18-19,29H,12-17H2,1-2H3,(H,30,32);1H. The molecular formula is C115H125ClN12O21. The van der Waals surface area contributed by atoms with Crippen LogP contribution in [0.25, 0.3) is 44.5 Å². The number of hydrogen-bond donors (Lipinski definition) is 8. The van der Waals surface area contributed by atoms with E-state index in [0.717, 1.165) is 147 Å². The molecule has 4 aliphatic heterocycles. The minimum atomic E-state index is -1.18. The van der Waals surface area contributed by atoms with Crippen LogP contribution in [0.15, 0.2) is 267 Å². The van der Waals surface area contributed by atoms with E-state index in [9.17, 15) is 68.1 Å². The van der Waals surface area contributed by atoms with E-state index < -0.39 is 35.7 Å². The lowest BCUT2D eigenvalue weighted by atomic mass is 10.0. The summed E-state index contributed by atoms with van der Waals surface area (Å²) in [5.41, 5.74) is 11.4. The van der Waals surface area contributed by atoms with Crippen LogP contribution in [0.2, 0.25) is 0 Å². The molecule has 12 aromatic rings. The number of phenolic OH excluding ortho intramolecular Hbond substituents is 2. The van der Waals surface area contributed by atoms with Crippen molar-refractivity contribution >= 4 is 100 Å². The van der Waals surface area contributed by atoms with Crippen LogP contribution in [0.5, 0.6) is 34.5 Å². The molecule has 12 aromatic carbocycles. The van der Waals surface area contributed by atoms with Gasteiger partial charge in [0.2, 0.25) is 17.7 Å². The number of esters is 3. The lowest BCUT2D eigenvalue weighted by Crippen LogP contribution is -2.48. The average molecular weight is 2050 g/mol. The molecule has 0 bridgehead atoms. The van der Waals surface area contributed by atoms with E-state index in [2.05, 4.69) is 46.2 Å². The molecule has 4 fully saturated rings. The zero-order chi connectivity index (χ0) is 105. The van der Waals surface area contributed by atoms with Gasteiger partial charge in [0.15, 0.2) is 0 Å². The highest BCUT2D eigenvalue weighted by Gasteiger charge is 2.28. The average Bonchev–Trinajstić information content (AvgIpc) is 0.814. The van der Waals surface area contributed by atoms with Crippen molar-refractivity contribution in [3.8, 4) is 79.0 Å². The van der Waals surface area contributed by atoms with Crippen molar-refractivity contribution in [2.75, 3.05) is 200 Å². The van der Waals surface area contributed by atoms with E-state index in [4.69, 9.17) is 33.2 Å². The third kappa shape index (κ3) is 31.9. The molecule has 16 rings (SSSR count).